The van der Waals surface area contributed by atoms with Crippen molar-refractivity contribution in [3.8, 4) is 5.75 Å². The molecule has 0 unspecified atom stereocenters. The summed E-state index contributed by atoms with van der Waals surface area (Å²) in [5.74, 6) is 0.816. The summed E-state index contributed by atoms with van der Waals surface area (Å²) >= 11 is 0. The van der Waals surface area contributed by atoms with Gasteiger partial charge in [-0.05, 0) is 50.1 Å². The molecule has 1 aromatic carbocycles. The van der Waals surface area contributed by atoms with Crippen molar-refractivity contribution in [2.45, 2.75) is 26.9 Å². The zero-order valence-electron chi connectivity index (χ0n) is 10.3. The van der Waals surface area contributed by atoms with E-state index < -0.39 is 0 Å². The van der Waals surface area contributed by atoms with E-state index >= 15 is 0 Å². The van der Waals surface area contributed by atoms with Gasteiger partial charge in [-0.25, -0.2) is 0 Å². The minimum absolute atomic E-state index is 0.0577. The van der Waals surface area contributed by atoms with E-state index in [1.165, 1.54) is 0 Å². The molecule has 0 fully saturated rings. The van der Waals surface area contributed by atoms with Gasteiger partial charge in [0.05, 0.1) is 12.3 Å². The van der Waals surface area contributed by atoms with Crippen LogP contribution in [0.2, 0.25) is 0 Å². The Kier molecular flexibility index (Phi) is 4.51. The van der Waals surface area contributed by atoms with Crippen LogP contribution in [0, 0.1) is 6.92 Å². The average molecular weight is 234 g/mol. The molecule has 4 N–H and O–H groups in total. The first kappa shape index (κ1) is 13.0. The molecule has 1 rings (SSSR count). The van der Waals surface area contributed by atoms with Gasteiger partial charge in [-0.2, -0.15) is 5.10 Å². The lowest BCUT2D eigenvalue weighted by atomic mass is 10.1. The van der Waals surface area contributed by atoms with Crippen LogP contribution in [-0.4, -0.2) is 18.3 Å². The molecule has 0 amide bonds. The highest BCUT2D eigenvalue weighted by Crippen LogP contribution is 2.19. The second kappa shape index (κ2) is 5.89. The third kappa shape index (κ3) is 4.55. The van der Waals surface area contributed by atoms with Gasteiger partial charge in [0.25, 0.3) is 0 Å². The SMILES string of the molecule is Cc1cc(C=NN=C(N)N)ccc1OC(C)C. The standard InChI is InChI=1S/C12H18N4O/c1-8(2)17-11-5-4-10(6-9(11)3)7-15-16-12(13)14/h4-8H,1-3H3,(H4,13,14,16). The van der Waals surface area contributed by atoms with Crippen LogP contribution in [0.15, 0.2) is 28.4 Å². The van der Waals surface area contributed by atoms with E-state index in [1.54, 1.807) is 6.21 Å². The fourth-order valence-corrected chi connectivity index (χ4v) is 1.30. The van der Waals surface area contributed by atoms with Gasteiger partial charge in [0.2, 0.25) is 5.96 Å². The molecule has 17 heavy (non-hydrogen) atoms. The summed E-state index contributed by atoms with van der Waals surface area (Å²) in [6.07, 6.45) is 1.75. The summed E-state index contributed by atoms with van der Waals surface area (Å²) in [6, 6.07) is 5.77. The Labute approximate surface area is 101 Å². The second-order valence-corrected chi connectivity index (χ2v) is 3.96. The molecule has 0 bridgehead atoms. The number of hydrogen-bond donors (Lipinski definition) is 2. The largest absolute Gasteiger partial charge is 0.491 e. The van der Waals surface area contributed by atoms with Crippen LogP contribution < -0.4 is 16.2 Å². The van der Waals surface area contributed by atoms with Gasteiger partial charge in [-0.1, -0.05) is 0 Å². The third-order valence-electron chi connectivity index (χ3n) is 1.94. The molecular formula is C12H18N4O. The van der Waals surface area contributed by atoms with Crippen molar-refractivity contribution in [3.05, 3.63) is 29.3 Å². The Morgan fingerprint density at radius 2 is 2.06 bits per heavy atom. The van der Waals surface area contributed by atoms with Crippen molar-refractivity contribution in [2.24, 2.45) is 21.7 Å². The summed E-state index contributed by atoms with van der Waals surface area (Å²) < 4.78 is 5.63. The molecule has 5 heteroatoms. The van der Waals surface area contributed by atoms with Crippen LogP contribution >= 0.6 is 0 Å². The van der Waals surface area contributed by atoms with Crippen molar-refractivity contribution in [3.63, 3.8) is 0 Å². The number of rotatable bonds is 4. The number of aryl methyl sites for hydroxylation is 1. The first-order chi connectivity index (χ1) is 7.99. The molecule has 0 atom stereocenters. The Bertz CT molecular complexity index is 434. The summed E-state index contributed by atoms with van der Waals surface area (Å²) in [6.45, 7) is 5.97. The van der Waals surface area contributed by atoms with Gasteiger partial charge in [-0.3, -0.25) is 0 Å². The van der Waals surface area contributed by atoms with Crippen molar-refractivity contribution in [2.75, 3.05) is 0 Å². The van der Waals surface area contributed by atoms with Gasteiger partial charge in [-0.15, -0.1) is 5.10 Å². The molecule has 0 spiro atoms. The van der Waals surface area contributed by atoms with E-state index in [9.17, 15) is 0 Å². The summed E-state index contributed by atoms with van der Waals surface area (Å²) in [5, 5.41) is 7.28. The van der Waals surface area contributed by atoms with Crippen molar-refractivity contribution in [1.29, 1.82) is 0 Å². The first-order valence-electron chi connectivity index (χ1n) is 5.38. The minimum atomic E-state index is -0.0577. The van der Waals surface area contributed by atoms with Gasteiger partial charge in [0, 0.05) is 0 Å². The van der Waals surface area contributed by atoms with E-state index in [1.807, 2.05) is 39.0 Å². The van der Waals surface area contributed by atoms with Gasteiger partial charge >= 0.3 is 0 Å². The number of nitrogens with two attached hydrogens (primary N) is 2. The predicted octanol–water partition coefficient (Wildman–Crippen LogP) is 1.39. The monoisotopic (exact) mass is 234 g/mol. The number of benzene rings is 1. The number of hydrogen-bond acceptors (Lipinski definition) is 3. The van der Waals surface area contributed by atoms with Crippen LogP contribution in [-0.2, 0) is 0 Å². The maximum Gasteiger partial charge on any atom is 0.211 e. The molecule has 1 aromatic rings. The maximum atomic E-state index is 5.63. The molecule has 0 saturated heterocycles. The van der Waals surface area contributed by atoms with Crippen LogP contribution in [0.4, 0.5) is 0 Å². The summed E-state index contributed by atoms with van der Waals surface area (Å²) in [5.41, 5.74) is 12.3. The molecule has 5 nitrogen and oxygen atoms in total. The molecular weight excluding hydrogens is 216 g/mol. The lowest BCUT2D eigenvalue weighted by Crippen LogP contribution is -2.21. The van der Waals surface area contributed by atoms with E-state index in [4.69, 9.17) is 16.2 Å². The quantitative estimate of drug-likeness (QED) is 0.469. The topological polar surface area (TPSA) is 86.0 Å². The van der Waals surface area contributed by atoms with Gasteiger partial charge in [0.15, 0.2) is 0 Å². The molecule has 0 aromatic heterocycles. The van der Waals surface area contributed by atoms with E-state index in [0.29, 0.717) is 0 Å². The van der Waals surface area contributed by atoms with Gasteiger partial charge in [0.1, 0.15) is 5.75 Å². The molecule has 0 radical (unpaired) electrons. The third-order valence-corrected chi connectivity index (χ3v) is 1.94. The Balaban J connectivity index is 2.82. The molecule has 0 aliphatic rings. The Morgan fingerprint density at radius 3 is 2.59 bits per heavy atom. The molecule has 0 aliphatic heterocycles. The average Bonchev–Trinajstić information content (AvgIpc) is 2.21. The van der Waals surface area contributed by atoms with Crippen LogP contribution in [0.25, 0.3) is 0 Å². The Morgan fingerprint density at radius 1 is 1.35 bits per heavy atom. The summed E-state index contributed by atoms with van der Waals surface area (Å²) in [7, 11) is 0. The molecule has 92 valence electrons. The highest BCUT2D eigenvalue weighted by molar-refractivity contribution is 5.82. The molecule has 0 aliphatic carbocycles. The van der Waals surface area contributed by atoms with Crippen LogP contribution in [0.5, 0.6) is 5.75 Å². The second-order valence-electron chi connectivity index (χ2n) is 3.96. The number of nitrogens with zero attached hydrogens (tertiary/aromatic N) is 2. The lowest BCUT2D eigenvalue weighted by molar-refractivity contribution is 0.241. The van der Waals surface area contributed by atoms with E-state index in [0.717, 1.165) is 16.9 Å². The first-order valence-corrected chi connectivity index (χ1v) is 5.38. The van der Waals surface area contributed by atoms with Crippen LogP contribution in [0.1, 0.15) is 25.0 Å². The summed E-state index contributed by atoms with van der Waals surface area (Å²) in [4.78, 5) is 0. The van der Waals surface area contributed by atoms with Crippen LogP contribution in [0.3, 0.4) is 0 Å². The highest BCUT2D eigenvalue weighted by Gasteiger charge is 2.02. The molecule has 0 saturated carbocycles. The van der Waals surface area contributed by atoms with Crippen molar-refractivity contribution >= 4 is 12.2 Å². The Hall–Kier alpha value is -2.04. The smallest absolute Gasteiger partial charge is 0.211 e. The zero-order valence-corrected chi connectivity index (χ0v) is 10.3. The maximum absolute atomic E-state index is 5.63. The minimum Gasteiger partial charge on any atom is -0.491 e. The lowest BCUT2D eigenvalue weighted by Gasteiger charge is -2.12. The zero-order chi connectivity index (χ0) is 12.8. The van der Waals surface area contributed by atoms with Gasteiger partial charge < -0.3 is 16.2 Å². The molecule has 0 heterocycles. The normalized spacial score (nSPS) is 10.8. The number of guanidine groups is 1. The van der Waals surface area contributed by atoms with E-state index in [-0.39, 0.29) is 12.1 Å². The van der Waals surface area contributed by atoms with Crippen molar-refractivity contribution < 1.29 is 4.74 Å². The van der Waals surface area contributed by atoms with Crippen molar-refractivity contribution in [1.82, 2.24) is 0 Å². The van der Waals surface area contributed by atoms with E-state index in [2.05, 4.69) is 10.2 Å². The highest BCUT2D eigenvalue weighted by atomic mass is 16.5. The fourth-order valence-electron chi connectivity index (χ4n) is 1.30. The number of ether oxygens (including phenoxy) is 1. The fraction of sp³-hybridized carbons (Fsp3) is 0.333. The predicted molar refractivity (Wildman–Crippen MR) is 70.3 cm³/mol.